The van der Waals surface area contributed by atoms with Gasteiger partial charge in [0.15, 0.2) is 47.1 Å². The standard InChI is InChI=1S/C21H22F2N9O7PS/c22-10-7-1-2-8-11(23)14(20(37-8)32-6-28-13-16(32)29-21(24)30-18(13)34)39-40(35,41)36-3-9(7)38-19(10)31-5-27-12-15(31)25-4-26-17(12)33/h4-11,14,19-20H,1-3H2,(H,35,41)(H,25,26,33)(H3,24,29,30,34)/t7-,8?,9-,10+,11-,14-,19-,20-,40?/m1/s1. The summed E-state index contributed by atoms with van der Waals surface area (Å²) in [6.45, 7) is -4.48. The summed E-state index contributed by atoms with van der Waals surface area (Å²) in [5.74, 6) is -1.03. The van der Waals surface area contributed by atoms with E-state index in [0.717, 1.165) is 0 Å². The quantitative estimate of drug-likeness (QED) is 0.225. The van der Waals surface area contributed by atoms with E-state index < -0.39 is 66.9 Å². The molecule has 218 valence electrons. The van der Waals surface area contributed by atoms with Gasteiger partial charge in [-0.05, 0) is 24.6 Å². The molecule has 4 aromatic heterocycles. The van der Waals surface area contributed by atoms with Crippen molar-refractivity contribution >= 4 is 46.8 Å². The van der Waals surface area contributed by atoms with Crippen molar-refractivity contribution in [3.63, 3.8) is 0 Å². The third kappa shape index (κ3) is 4.39. The van der Waals surface area contributed by atoms with E-state index in [4.69, 9.17) is 36.1 Å². The largest absolute Gasteiger partial charge is 0.369 e. The molecule has 20 heteroatoms. The Kier molecular flexibility index (Phi) is 6.31. The number of hydrogen-bond donors (Lipinski definition) is 4. The van der Waals surface area contributed by atoms with E-state index in [1.165, 1.54) is 28.1 Å². The molecule has 0 aromatic carbocycles. The molecular weight excluding hydrogens is 591 g/mol. The van der Waals surface area contributed by atoms with Crippen molar-refractivity contribution in [2.24, 2.45) is 5.92 Å². The number of imidazole rings is 2. The monoisotopic (exact) mass is 613 g/mol. The van der Waals surface area contributed by atoms with Gasteiger partial charge in [-0.1, -0.05) is 0 Å². The molecule has 7 rings (SSSR count). The number of aromatic nitrogens is 8. The summed E-state index contributed by atoms with van der Waals surface area (Å²) in [6, 6.07) is 0. The molecule has 16 nitrogen and oxygen atoms in total. The Labute approximate surface area is 232 Å². The normalized spacial score (nSPS) is 36.0. The van der Waals surface area contributed by atoms with Crippen molar-refractivity contribution in [3.8, 4) is 0 Å². The number of H-pyrrole nitrogens is 2. The molecule has 9 atom stereocenters. The third-order valence-corrected chi connectivity index (χ3v) is 9.10. The summed E-state index contributed by atoms with van der Waals surface area (Å²) in [5.41, 5.74) is 4.65. The van der Waals surface area contributed by atoms with Crippen molar-refractivity contribution in [2.75, 3.05) is 12.3 Å². The minimum atomic E-state index is -4.13. The number of anilines is 1. The van der Waals surface area contributed by atoms with E-state index in [1.54, 1.807) is 0 Å². The van der Waals surface area contributed by atoms with E-state index in [0.29, 0.717) is 0 Å². The first-order valence-corrected chi connectivity index (χ1v) is 15.1. The Morgan fingerprint density at radius 2 is 1.71 bits per heavy atom. The lowest BCUT2D eigenvalue weighted by Gasteiger charge is -2.26. The molecule has 41 heavy (non-hydrogen) atoms. The average Bonchev–Trinajstić information content (AvgIpc) is 3.67. The van der Waals surface area contributed by atoms with Crippen LogP contribution in [0.3, 0.4) is 0 Å². The Hall–Kier alpha value is -3.19. The van der Waals surface area contributed by atoms with Crippen molar-refractivity contribution < 1.29 is 32.2 Å². The van der Waals surface area contributed by atoms with Gasteiger partial charge >= 0.3 is 6.72 Å². The van der Waals surface area contributed by atoms with Crippen LogP contribution in [-0.2, 0) is 30.3 Å². The van der Waals surface area contributed by atoms with Gasteiger partial charge in [-0.3, -0.25) is 28.2 Å². The van der Waals surface area contributed by atoms with Crippen LogP contribution < -0.4 is 16.9 Å². The highest BCUT2D eigenvalue weighted by Gasteiger charge is 2.53. The molecule has 0 spiro atoms. The zero-order valence-electron chi connectivity index (χ0n) is 20.7. The number of fused-ring (bicyclic) bond motifs is 5. The summed E-state index contributed by atoms with van der Waals surface area (Å²) in [6.07, 6.45) is -5.67. The molecule has 4 aromatic rings. The summed E-state index contributed by atoms with van der Waals surface area (Å²) < 4.78 is 57.5. The fraction of sp³-hybridized carbons (Fsp3) is 0.524. The number of rotatable bonds is 2. The number of alkyl halides is 2. The zero-order valence-corrected chi connectivity index (χ0v) is 22.5. The van der Waals surface area contributed by atoms with E-state index >= 15 is 8.78 Å². The van der Waals surface area contributed by atoms with Gasteiger partial charge in [0, 0.05) is 5.92 Å². The zero-order chi connectivity index (χ0) is 28.6. The first kappa shape index (κ1) is 26.7. The molecule has 0 aliphatic carbocycles. The summed E-state index contributed by atoms with van der Waals surface area (Å²) in [5, 5.41) is 0. The number of nitrogen functional groups attached to an aromatic ring is 1. The fourth-order valence-electron chi connectivity index (χ4n) is 5.65. The van der Waals surface area contributed by atoms with Gasteiger partial charge in [-0.15, -0.1) is 0 Å². The highest BCUT2D eigenvalue weighted by atomic mass is 32.5. The number of nitrogens with two attached hydrogens (primary N) is 1. The van der Waals surface area contributed by atoms with Crippen LogP contribution in [0.1, 0.15) is 25.3 Å². The second kappa shape index (κ2) is 9.69. The lowest BCUT2D eigenvalue weighted by Crippen LogP contribution is -2.31. The maximum atomic E-state index is 16.0. The van der Waals surface area contributed by atoms with Crippen LogP contribution in [0.25, 0.3) is 22.3 Å². The van der Waals surface area contributed by atoms with Crippen LogP contribution in [0.5, 0.6) is 0 Å². The first-order valence-electron chi connectivity index (χ1n) is 12.5. The number of halogens is 2. The van der Waals surface area contributed by atoms with Gasteiger partial charge in [0.25, 0.3) is 11.1 Å². The van der Waals surface area contributed by atoms with Gasteiger partial charge in [-0.25, -0.2) is 23.7 Å². The second-order valence-electron chi connectivity index (χ2n) is 9.93. The molecule has 3 aliphatic rings. The van der Waals surface area contributed by atoms with Gasteiger partial charge in [-0.2, -0.15) is 4.98 Å². The van der Waals surface area contributed by atoms with E-state index in [9.17, 15) is 14.5 Å². The smallest absolute Gasteiger partial charge is 0.325 e. The number of nitrogens with zero attached hydrogens (tertiary/aromatic N) is 6. The topological polar surface area (TPSA) is 210 Å². The van der Waals surface area contributed by atoms with Crippen molar-refractivity contribution in [2.45, 2.75) is 56.0 Å². The van der Waals surface area contributed by atoms with Crippen LogP contribution in [-0.4, -0.2) is 81.2 Å². The minimum Gasteiger partial charge on any atom is -0.369 e. The number of nitrogens with one attached hydrogen (secondary N) is 2. The molecule has 0 radical (unpaired) electrons. The van der Waals surface area contributed by atoms with Crippen molar-refractivity contribution in [1.82, 2.24) is 39.0 Å². The van der Waals surface area contributed by atoms with Gasteiger partial charge in [0.1, 0.15) is 6.10 Å². The van der Waals surface area contributed by atoms with Crippen LogP contribution in [0.15, 0.2) is 28.6 Å². The van der Waals surface area contributed by atoms with Gasteiger partial charge < -0.3 is 29.6 Å². The average molecular weight is 614 g/mol. The molecule has 2 bridgehead atoms. The summed E-state index contributed by atoms with van der Waals surface area (Å²) >= 11 is 5.17. The maximum absolute atomic E-state index is 16.0. The Balaban J connectivity index is 1.21. The lowest BCUT2D eigenvalue weighted by atomic mass is 9.91. The molecule has 3 aliphatic heterocycles. The van der Waals surface area contributed by atoms with E-state index in [2.05, 4.69) is 29.9 Å². The Bertz CT molecular complexity index is 1810. The highest BCUT2D eigenvalue weighted by molar-refractivity contribution is 8.07. The number of ether oxygens (including phenoxy) is 2. The number of aromatic amines is 2. The van der Waals surface area contributed by atoms with Gasteiger partial charge in [0.2, 0.25) is 5.95 Å². The van der Waals surface area contributed by atoms with Crippen molar-refractivity contribution in [3.05, 3.63) is 39.7 Å². The lowest BCUT2D eigenvalue weighted by molar-refractivity contribution is -0.0527. The third-order valence-electron chi connectivity index (χ3n) is 7.54. The first-order chi connectivity index (χ1) is 19.6. The fourth-order valence-corrected chi connectivity index (χ4v) is 7.05. The molecule has 0 amide bonds. The molecule has 3 fully saturated rings. The molecular formula is C21H22F2N9O7PS. The predicted octanol–water partition coefficient (Wildman–Crippen LogP) is 0.335. The molecule has 7 heterocycles. The molecule has 3 saturated heterocycles. The molecule has 5 N–H and O–H groups in total. The summed E-state index contributed by atoms with van der Waals surface area (Å²) in [7, 11) is 0. The van der Waals surface area contributed by atoms with Crippen LogP contribution >= 0.6 is 6.72 Å². The maximum Gasteiger partial charge on any atom is 0.325 e. The van der Waals surface area contributed by atoms with Gasteiger partial charge in [0.05, 0.1) is 37.8 Å². The molecule has 2 unspecified atom stereocenters. The van der Waals surface area contributed by atoms with Crippen LogP contribution in [0, 0.1) is 5.92 Å². The second-order valence-corrected chi connectivity index (χ2v) is 12.7. The molecule has 0 saturated carbocycles. The Morgan fingerprint density at radius 1 is 1.00 bits per heavy atom. The highest BCUT2D eigenvalue weighted by Crippen LogP contribution is 2.53. The van der Waals surface area contributed by atoms with E-state index in [-0.39, 0.29) is 47.7 Å². The van der Waals surface area contributed by atoms with E-state index in [1.807, 2.05) is 0 Å². The summed E-state index contributed by atoms with van der Waals surface area (Å²) in [4.78, 5) is 56.2. The Morgan fingerprint density at radius 3 is 2.49 bits per heavy atom. The van der Waals surface area contributed by atoms with Crippen LogP contribution in [0.4, 0.5) is 14.7 Å². The van der Waals surface area contributed by atoms with Crippen molar-refractivity contribution in [1.29, 1.82) is 0 Å². The minimum absolute atomic E-state index is 0.00730. The van der Waals surface area contributed by atoms with Crippen LogP contribution in [0.2, 0.25) is 0 Å². The number of hydrogen-bond acceptors (Lipinski definition) is 12. The SMILES string of the molecule is Nc1nc2c(ncn2[C@@H]2OC3CC[C@H]4[C@H](F)[C@H](n5cnc6c(=O)[nH]cnc65)O[C@@H]4COP(O)(=S)O[C@@H]2[C@@H]3F)c(=O)[nH]1. The predicted molar refractivity (Wildman–Crippen MR) is 138 cm³/mol.